The van der Waals surface area contributed by atoms with Crippen LogP contribution in [0, 0.1) is 28.6 Å². The van der Waals surface area contributed by atoms with E-state index in [-0.39, 0.29) is 36.8 Å². The molecule has 0 spiro atoms. The van der Waals surface area contributed by atoms with Gasteiger partial charge in [0.2, 0.25) is 5.91 Å². The highest BCUT2D eigenvalue weighted by Gasteiger charge is 2.30. The van der Waals surface area contributed by atoms with Gasteiger partial charge in [-0.05, 0) is 50.2 Å². The molecule has 1 saturated carbocycles. The molecule has 7 nitrogen and oxygen atoms in total. The molecule has 3 atom stereocenters. The van der Waals surface area contributed by atoms with Gasteiger partial charge >= 0.3 is 0 Å². The van der Waals surface area contributed by atoms with E-state index in [1.165, 1.54) is 0 Å². The van der Waals surface area contributed by atoms with Gasteiger partial charge in [-0.25, -0.2) is 4.98 Å². The minimum Gasteiger partial charge on any atom is -0.370 e. The first kappa shape index (κ1) is 24.0. The van der Waals surface area contributed by atoms with Crippen molar-refractivity contribution in [3.8, 4) is 12.1 Å². The summed E-state index contributed by atoms with van der Waals surface area (Å²) in [7, 11) is 0. The molecule has 0 aromatic carbocycles. The summed E-state index contributed by atoms with van der Waals surface area (Å²) in [5.74, 6) is 1.36. The fraction of sp³-hybridized carbons (Fsp3) is 0.579. The van der Waals surface area contributed by atoms with Crippen molar-refractivity contribution < 1.29 is 4.79 Å². The molecule has 1 aromatic heterocycles. The van der Waals surface area contributed by atoms with Gasteiger partial charge in [0.1, 0.15) is 17.9 Å². The molecule has 28 heavy (non-hydrogen) atoms. The summed E-state index contributed by atoms with van der Waals surface area (Å²) in [4.78, 5) is 18.2. The highest BCUT2D eigenvalue weighted by atomic mass is 35.5. The van der Waals surface area contributed by atoms with Gasteiger partial charge in [0.25, 0.3) is 0 Å². The number of nitrogens with one attached hydrogen (secondary N) is 2. The van der Waals surface area contributed by atoms with Crippen molar-refractivity contribution in [2.24, 2.45) is 5.92 Å². The summed E-state index contributed by atoms with van der Waals surface area (Å²) in [6, 6.07) is 7.96. The number of pyridine rings is 1. The number of rotatable bonds is 6. The molecule has 1 aromatic rings. The number of halogens is 2. The minimum absolute atomic E-state index is 0. The zero-order valence-electron chi connectivity index (χ0n) is 15.6. The van der Waals surface area contributed by atoms with Crippen molar-refractivity contribution in [1.29, 1.82) is 10.5 Å². The van der Waals surface area contributed by atoms with Gasteiger partial charge in [-0.1, -0.05) is 0 Å². The number of carbonyl (C=O) groups excluding carboxylic acids is 1. The van der Waals surface area contributed by atoms with Crippen LogP contribution < -0.4 is 10.6 Å². The third kappa shape index (κ3) is 6.24. The van der Waals surface area contributed by atoms with Gasteiger partial charge in [-0.15, -0.1) is 24.8 Å². The zero-order chi connectivity index (χ0) is 18.4. The number of likely N-dealkylation sites (tertiary alicyclic amines) is 1. The summed E-state index contributed by atoms with van der Waals surface area (Å²) < 4.78 is 0. The monoisotopic (exact) mass is 424 g/mol. The summed E-state index contributed by atoms with van der Waals surface area (Å²) in [5, 5.41) is 24.6. The third-order valence-corrected chi connectivity index (χ3v) is 5.27. The van der Waals surface area contributed by atoms with Crippen LogP contribution in [-0.2, 0) is 4.79 Å². The average Bonchev–Trinajstić information content (AvgIpc) is 3.34. The third-order valence-electron chi connectivity index (χ3n) is 5.27. The molecule has 0 unspecified atom stereocenters. The van der Waals surface area contributed by atoms with Crippen molar-refractivity contribution in [2.75, 3.05) is 25.0 Å². The minimum atomic E-state index is -0.246. The Bertz CT molecular complexity index is 715. The van der Waals surface area contributed by atoms with Crippen LogP contribution in [0.3, 0.4) is 0 Å². The Morgan fingerprint density at radius 2 is 2.07 bits per heavy atom. The van der Waals surface area contributed by atoms with Crippen LogP contribution in [0.5, 0.6) is 0 Å². The first-order valence-corrected chi connectivity index (χ1v) is 9.22. The van der Waals surface area contributed by atoms with Crippen LogP contribution >= 0.6 is 24.8 Å². The van der Waals surface area contributed by atoms with E-state index in [1.807, 2.05) is 6.07 Å². The van der Waals surface area contributed by atoms with Crippen LogP contribution in [0.15, 0.2) is 18.3 Å². The molecule has 152 valence electrons. The molecule has 2 aliphatic rings. The number of hydrogen-bond acceptors (Lipinski definition) is 6. The molecule has 0 bridgehead atoms. The molecule has 1 aliphatic carbocycles. The summed E-state index contributed by atoms with van der Waals surface area (Å²) >= 11 is 0. The fourth-order valence-corrected chi connectivity index (χ4v) is 3.79. The van der Waals surface area contributed by atoms with E-state index in [4.69, 9.17) is 10.5 Å². The Morgan fingerprint density at radius 1 is 1.25 bits per heavy atom. The smallest absolute Gasteiger partial charge is 0.237 e. The molecule has 2 heterocycles. The lowest BCUT2D eigenvalue weighted by atomic mass is 10.1. The van der Waals surface area contributed by atoms with Gasteiger partial charge in [0.05, 0.1) is 18.2 Å². The second-order valence-electron chi connectivity index (χ2n) is 7.06. The number of nitrogens with zero attached hydrogens (tertiary/aromatic N) is 4. The molecule has 1 amide bonds. The number of anilines is 1. The van der Waals surface area contributed by atoms with Gasteiger partial charge in [-0.2, -0.15) is 10.5 Å². The molecule has 1 aliphatic heterocycles. The average molecular weight is 425 g/mol. The molecule has 1 saturated heterocycles. The highest BCUT2D eigenvalue weighted by molar-refractivity contribution is 5.85. The van der Waals surface area contributed by atoms with Gasteiger partial charge in [0, 0.05) is 25.3 Å². The SMILES string of the molecule is Cl.Cl.N#Cc1ccc(NC[C@@H]2CC[C@H](NCC(=O)N3CCC[C@H]3C#N)C2)nc1. The van der Waals surface area contributed by atoms with Crippen LogP contribution in [0.25, 0.3) is 0 Å². The van der Waals surface area contributed by atoms with Gasteiger partial charge in [0.15, 0.2) is 0 Å². The number of hydrogen-bond donors (Lipinski definition) is 2. The quantitative estimate of drug-likeness (QED) is 0.726. The van der Waals surface area contributed by atoms with Crippen LogP contribution in [0.4, 0.5) is 5.82 Å². The summed E-state index contributed by atoms with van der Waals surface area (Å²) in [6.45, 7) is 1.86. The Balaban J connectivity index is 0.00000196. The first-order valence-electron chi connectivity index (χ1n) is 9.22. The van der Waals surface area contributed by atoms with Gasteiger partial charge < -0.3 is 15.5 Å². The predicted octanol–water partition coefficient (Wildman–Crippen LogP) is 2.48. The van der Waals surface area contributed by atoms with Crippen LogP contribution in [0.2, 0.25) is 0 Å². The van der Waals surface area contributed by atoms with Crippen molar-refractivity contribution >= 4 is 36.5 Å². The van der Waals surface area contributed by atoms with Crippen molar-refractivity contribution in [3.63, 3.8) is 0 Å². The summed E-state index contributed by atoms with van der Waals surface area (Å²) in [6.07, 6.45) is 6.48. The zero-order valence-corrected chi connectivity index (χ0v) is 17.3. The predicted molar refractivity (Wildman–Crippen MR) is 111 cm³/mol. The Kier molecular flexibility index (Phi) is 10.0. The Labute approximate surface area is 178 Å². The second kappa shape index (κ2) is 11.7. The Morgan fingerprint density at radius 3 is 2.75 bits per heavy atom. The molecule has 2 N–H and O–H groups in total. The van der Waals surface area contributed by atoms with Crippen molar-refractivity contribution in [3.05, 3.63) is 23.9 Å². The molecule has 3 rings (SSSR count). The van der Waals surface area contributed by atoms with E-state index in [0.29, 0.717) is 30.6 Å². The normalized spacial score (nSPS) is 23.1. The van der Waals surface area contributed by atoms with Crippen LogP contribution in [-0.4, -0.2) is 47.5 Å². The Hall–Kier alpha value is -2.06. The summed E-state index contributed by atoms with van der Waals surface area (Å²) in [5.41, 5.74) is 0.557. The topological polar surface area (TPSA) is 105 Å². The number of nitriles is 2. The first-order chi connectivity index (χ1) is 12.7. The molecule has 9 heteroatoms. The largest absolute Gasteiger partial charge is 0.370 e. The van der Waals surface area contributed by atoms with E-state index in [0.717, 1.165) is 44.5 Å². The molecular weight excluding hydrogens is 399 g/mol. The maximum atomic E-state index is 12.3. The lowest BCUT2D eigenvalue weighted by Gasteiger charge is -2.21. The van der Waals surface area contributed by atoms with Crippen molar-refractivity contribution in [2.45, 2.75) is 44.2 Å². The molecule has 0 radical (unpaired) electrons. The molecule has 2 fully saturated rings. The standard InChI is InChI=1S/C19H24N6O.2ClH/c20-9-15-4-6-18(24-12-15)23-11-14-3-5-16(8-14)22-13-19(26)25-7-1-2-17(25)10-21;;/h4,6,12,14,16-17,22H,1-3,5,7-8,11,13H2,(H,23,24);2*1H/t14-,16+,17+;;/m1../s1. The van der Waals surface area contributed by atoms with Crippen LogP contribution in [0.1, 0.15) is 37.7 Å². The van der Waals surface area contributed by atoms with E-state index in [2.05, 4.69) is 27.8 Å². The second-order valence-corrected chi connectivity index (χ2v) is 7.06. The lowest BCUT2D eigenvalue weighted by Crippen LogP contribution is -2.43. The maximum Gasteiger partial charge on any atom is 0.237 e. The number of carbonyl (C=O) groups is 1. The fourth-order valence-electron chi connectivity index (χ4n) is 3.79. The number of amides is 1. The van der Waals surface area contributed by atoms with E-state index in [9.17, 15) is 4.79 Å². The number of aromatic nitrogens is 1. The molecular formula is C19H26Cl2N6O. The van der Waals surface area contributed by atoms with Crippen molar-refractivity contribution in [1.82, 2.24) is 15.2 Å². The van der Waals surface area contributed by atoms with E-state index >= 15 is 0 Å². The highest BCUT2D eigenvalue weighted by Crippen LogP contribution is 2.26. The maximum absolute atomic E-state index is 12.3. The van der Waals surface area contributed by atoms with Gasteiger partial charge in [-0.3, -0.25) is 4.79 Å². The van der Waals surface area contributed by atoms with E-state index in [1.54, 1.807) is 17.2 Å². The van der Waals surface area contributed by atoms with E-state index < -0.39 is 0 Å². The lowest BCUT2D eigenvalue weighted by molar-refractivity contribution is -0.130.